The first-order chi connectivity index (χ1) is 5.72. The maximum atomic E-state index is 13.0. The van der Waals surface area contributed by atoms with Gasteiger partial charge in [-0.3, -0.25) is 0 Å². The van der Waals surface area contributed by atoms with E-state index in [1.807, 2.05) is 0 Å². The minimum absolute atomic E-state index is 0. The van der Waals surface area contributed by atoms with E-state index in [0.29, 0.717) is 13.1 Å². The molecule has 2 heterocycles. The lowest BCUT2D eigenvalue weighted by molar-refractivity contribution is -0.0182. The maximum Gasteiger partial charge on any atom is 0.219 e. The third-order valence-electron chi connectivity index (χ3n) is 2.10. The number of nitrogens with zero attached hydrogens (tertiary/aromatic N) is 1. The first-order valence-corrected chi connectivity index (χ1v) is 3.76. The minimum Gasteiger partial charge on any atom is -0.382 e. The van der Waals surface area contributed by atoms with Gasteiger partial charge in [0.15, 0.2) is 0 Å². The van der Waals surface area contributed by atoms with E-state index in [0.717, 1.165) is 0 Å². The summed E-state index contributed by atoms with van der Waals surface area (Å²) in [4.78, 5) is 3.47. The Hall–Kier alpha value is -0.710. The van der Waals surface area contributed by atoms with Crippen LogP contribution in [0.3, 0.4) is 0 Å². The van der Waals surface area contributed by atoms with E-state index >= 15 is 0 Å². The average molecular weight is 205 g/mol. The van der Waals surface area contributed by atoms with Gasteiger partial charge in [-0.15, -0.1) is 12.4 Å². The zero-order chi connectivity index (χ0) is 8.60. The van der Waals surface area contributed by atoms with Crippen molar-refractivity contribution < 1.29 is 9.50 Å². The minimum atomic E-state index is -1.04. The molecule has 0 saturated carbocycles. The summed E-state index contributed by atoms with van der Waals surface area (Å²) in [6.45, 7) is 0.797. The van der Waals surface area contributed by atoms with E-state index in [-0.39, 0.29) is 18.0 Å². The van der Waals surface area contributed by atoms with Crippen LogP contribution in [0.5, 0.6) is 0 Å². The van der Waals surface area contributed by atoms with Gasteiger partial charge in [0.25, 0.3) is 0 Å². The molecule has 1 aliphatic rings. The van der Waals surface area contributed by atoms with Crippen LogP contribution in [-0.2, 0) is 5.60 Å². The monoisotopic (exact) mass is 204 g/mol. The molecule has 0 amide bonds. The van der Waals surface area contributed by atoms with Gasteiger partial charge in [-0.05, 0) is 12.1 Å². The van der Waals surface area contributed by atoms with Crippen LogP contribution in [-0.4, -0.2) is 23.2 Å². The van der Waals surface area contributed by atoms with Crippen molar-refractivity contribution in [1.29, 1.82) is 0 Å². The van der Waals surface area contributed by atoms with Crippen molar-refractivity contribution in [2.45, 2.75) is 5.60 Å². The SMILES string of the molecule is Cl.OC1(c2cccnc2F)CNC1. The number of pyridine rings is 1. The molecular weight excluding hydrogens is 195 g/mol. The molecule has 1 saturated heterocycles. The number of β-amino-alcohol motifs (C(OH)–C–C–N with tert-alkyl or cyclic N) is 1. The van der Waals surface area contributed by atoms with Gasteiger partial charge in [-0.1, -0.05) is 0 Å². The number of hydrogen-bond donors (Lipinski definition) is 2. The van der Waals surface area contributed by atoms with Gasteiger partial charge in [-0.2, -0.15) is 4.39 Å². The fraction of sp³-hybridized carbons (Fsp3) is 0.375. The Labute approximate surface area is 81.4 Å². The molecule has 0 atom stereocenters. The highest BCUT2D eigenvalue weighted by Crippen LogP contribution is 2.25. The van der Waals surface area contributed by atoms with Crippen LogP contribution in [0.15, 0.2) is 18.3 Å². The van der Waals surface area contributed by atoms with Crippen LogP contribution < -0.4 is 5.32 Å². The molecule has 0 spiro atoms. The van der Waals surface area contributed by atoms with Gasteiger partial charge in [-0.25, -0.2) is 4.98 Å². The summed E-state index contributed by atoms with van der Waals surface area (Å²) in [5.41, 5.74) is -0.762. The fourth-order valence-electron chi connectivity index (χ4n) is 1.29. The summed E-state index contributed by atoms with van der Waals surface area (Å²) in [7, 11) is 0. The van der Waals surface area contributed by atoms with Crippen LogP contribution in [0.2, 0.25) is 0 Å². The normalized spacial score (nSPS) is 18.6. The van der Waals surface area contributed by atoms with Crippen LogP contribution in [0.25, 0.3) is 0 Å². The van der Waals surface area contributed by atoms with Crippen molar-refractivity contribution in [2.75, 3.05) is 13.1 Å². The van der Waals surface area contributed by atoms with Gasteiger partial charge >= 0.3 is 0 Å². The lowest BCUT2D eigenvalue weighted by atomic mass is 9.89. The van der Waals surface area contributed by atoms with E-state index in [9.17, 15) is 9.50 Å². The first-order valence-electron chi connectivity index (χ1n) is 3.76. The van der Waals surface area contributed by atoms with Gasteiger partial charge in [0.1, 0.15) is 5.60 Å². The lowest BCUT2D eigenvalue weighted by Gasteiger charge is -2.37. The molecule has 1 aliphatic heterocycles. The molecule has 0 unspecified atom stereocenters. The number of nitrogens with one attached hydrogen (secondary N) is 1. The Balaban J connectivity index is 0.000000845. The quantitative estimate of drug-likeness (QED) is 0.653. The summed E-state index contributed by atoms with van der Waals surface area (Å²) in [5, 5.41) is 12.6. The average Bonchev–Trinajstić information content (AvgIpc) is 2.01. The molecule has 0 aromatic carbocycles. The molecule has 0 bridgehead atoms. The van der Waals surface area contributed by atoms with Crippen molar-refractivity contribution in [3.8, 4) is 0 Å². The molecule has 3 nitrogen and oxygen atoms in total. The summed E-state index contributed by atoms with van der Waals surface area (Å²) >= 11 is 0. The number of hydrogen-bond acceptors (Lipinski definition) is 3. The van der Waals surface area contributed by atoms with E-state index in [4.69, 9.17) is 0 Å². The Kier molecular flexibility index (Phi) is 2.85. The largest absolute Gasteiger partial charge is 0.382 e. The lowest BCUT2D eigenvalue weighted by Crippen LogP contribution is -2.57. The summed E-state index contributed by atoms with van der Waals surface area (Å²) < 4.78 is 13.0. The third kappa shape index (κ3) is 1.65. The number of rotatable bonds is 1. The van der Waals surface area contributed by atoms with E-state index in [2.05, 4.69) is 10.3 Å². The third-order valence-corrected chi connectivity index (χ3v) is 2.10. The predicted octanol–water partition coefficient (Wildman–Crippen LogP) is 0.433. The molecule has 2 N–H and O–H groups in total. The van der Waals surface area contributed by atoms with E-state index in [1.54, 1.807) is 12.1 Å². The molecule has 0 radical (unpaired) electrons. The molecule has 1 aromatic rings. The maximum absolute atomic E-state index is 13.0. The van der Waals surface area contributed by atoms with Crippen molar-refractivity contribution in [1.82, 2.24) is 10.3 Å². The highest BCUT2D eigenvalue weighted by molar-refractivity contribution is 5.85. The molecule has 72 valence electrons. The van der Waals surface area contributed by atoms with Gasteiger partial charge in [0.2, 0.25) is 5.95 Å². The number of aromatic nitrogens is 1. The van der Waals surface area contributed by atoms with Gasteiger partial charge in [0, 0.05) is 24.8 Å². The molecule has 1 aromatic heterocycles. The van der Waals surface area contributed by atoms with Crippen molar-refractivity contribution in [3.05, 3.63) is 29.8 Å². The molecule has 2 rings (SSSR count). The second kappa shape index (κ2) is 3.57. The van der Waals surface area contributed by atoms with Crippen molar-refractivity contribution >= 4 is 12.4 Å². The summed E-state index contributed by atoms with van der Waals surface area (Å²) in [6.07, 6.45) is 1.37. The Morgan fingerprint density at radius 3 is 2.69 bits per heavy atom. The van der Waals surface area contributed by atoms with E-state index in [1.165, 1.54) is 6.20 Å². The Morgan fingerprint density at radius 2 is 2.23 bits per heavy atom. The van der Waals surface area contributed by atoms with Crippen molar-refractivity contribution in [3.63, 3.8) is 0 Å². The topological polar surface area (TPSA) is 45.2 Å². The second-order valence-corrected chi connectivity index (χ2v) is 2.98. The van der Waals surface area contributed by atoms with Crippen LogP contribution in [0.4, 0.5) is 4.39 Å². The zero-order valence-electron chi connectivity index (χ0n) is 6.83. The fourth-order valence-corrected chi connectivity index (χ4v) is 1.29. The number of aliphatic hydroxyl groups is 1. The number of halogens is 2. The second-order valence-electron chi connectivity index (χ2n) is 2.98. The van der Waals surface area contributed by atoms with Crippen LogP contribution in [0, 0.1) is 5.95 Å². The molecule has 0 aliphatic carbocycles. The molecule has 5 heteroatoms. The molecular formula is C8H10ClFN2O. The smallest absolute Gasteiger partial charge is 0.219 e. The molecule has 1 fully saturated rings. The zero-order valence-corrected chi connectivity index (χ0v) is 7.64. The van der Waals surface area contributed by atoms with Crippen molar-refractivity contribution in [2.24, 2.45) is 0 Å². The van der Waals surface area contributed by atoms with Crippen LogP contribution >= 0.6 is 12.4 Å². The predicted molar refractivity (Wildman–Crippen MR) is 48.2 cm³/mol. The Morgan fingerprint density at radius 1 is 1.54 bits per heavy atom. The highest BCUT2D eigenvalue weighted by atomic mass is 35.5. The first kappa shape index (κ1) is 10.4. The molecule has 13 heavy (non-hydrogen) atoms. The van der Waals surface area contributed by atoms with Gasteiger partial charge in [0.05, 0.1) is 0 Å². The highest BCUT2D eigenvalue weighted by Gasteiger charge is 2.38. The summed E-state index contributed by atoms with van der Waals surface area (Å²) in [5.74, 6) is -0.582. The van der Waals surface area contributed by atoms with Gasteiger partial charge < -0.3 is 10.4 Å². The Bertz CT molecular complexity index is 304. The standard InChI is InChI=1S/C8H9FN2O.ClH/c9-7-6(2-1-3-11-7)8(12)4-10-5-8;/h1-3,10,12H,4-5H2;1H. The van der Waals surface area contributed by atoms with E-state index < -0.39 is 11.5 Å². The van der Waals surface area contributed by atoms with Crippen LogP contribution in [0.1, 0.15) is 5.56 Å². The summed E-state index contributed by atoms with van der Waals surface area (Å²) in [6, 6.07) is 3.18.